The Kier molecular flexibility index (Phi) is 8.45. The summed E-state index contributed by atoms with van der Waals surface area (Å²) in [6.45, 7) is 7.93. The van der Waals surface area contributed by atoms with Crippen LogP contribution < -0.4 is 5.32 Å². The molecule has 0 bridgehead atoms. The van der Waals surface area contributed by atoms with Gasteiger partial charge >= 0.3 is 0 Å². The minimum Gasteiger partial charge on any atom is -0.325 e. The number of benzene rings is 1. The Bertz CT molecular complexity index is 895. The number of thiophene rings is 1. The summed E-state index contributed by atoms with van der Waals surface area (Å²) in [6.07, 6.45) is 0. The average molecular weight is 444 g/mol. The van der Waals surface area contributed by atoms with Gasteiger partial charge in [-0.2, -0.15) is 4.31 Å². The highest BCUT2D eigenvalue weighted by Gasteiger charge is 2.22. The van der Waals surface area contributed by atoms with E-state index in [9.17, 15) is 13.2 Å². The van der Waals surface area contributed by atoms with Crippen molar-refractivity contribution in [2.75, 3.05) is 31.5 Å². The first kappa shape index (κ1) is 22.8. The SMILES string of the molecule is CCN(CC(=O)Nc1cccc(S(=O)(=O)N(CC)CC)c1)Cc1ccc(Cl)s1. The average Bonchev–Trinajstić information content (AvgIpc) is 3.06. The largest absolute Gasteiger partial charge is 0.325 e. The Hall–Kier alpha value is -1.45. The van der Waals surface area contributed by atoms with Crippen molar-refractivity contribution in [3.63, 3.8) is 0 Å². The molecule has 0 aliphatic rings. The van der Waals surface area contributed by atoms with Crippen molar-refractivity contribution in [2.24, 2.45) is 0 Å². The van der Waals surface area contributed by atoms with Crippen LogP contribution in [0.2, 0.25) is 4.34 Å². The minimum atomic E-state index is -3.57. The van der Waals surface area contributed by atoms with Crippen molar-refractivity contribution >= 4 is 44.6 Å². The van der Waals surface area contributed by atoms with Crippen molar-refractivity contribution in [3.8, 4) is 0 Å². The topological polar surface area (TPSA) is 69.7 Å². The summed E-state index contributed by atoms with van der Waals surface area (Å²) in [7, 11) is -3.57. The van der Waals surface area contributed by atoms with Crippen molar-refractivity contribution in [1.82, 2.24) is 9.21 Å². The Morgan fingerprint density at radius 1 is 1.11 bits per heavy atom. The van der Waals surface area contributed by atoms with Gasteiger partial charge in [-0.1, -0.05) is 38.4 Å². The molecule has 0 aliphatic carbocycles. The molecule has 1 aromatic heterocycles. The first-order chi connectivity index (χ1) is 13.3. The fourth-order valence-corrected chi connectivity index (χ4v) is 5.42. The fourth-order valence-electron chi connectivity index (χ4n) is 2.79. The van der Waals surface area contributed by atoms with Crippen molar-refractivity contribution in [3.05, 3.63) is 45.6 Å². The van der Waals surface area contributed by atoms with Gasteiger partial charge in [0.05, 0.1) is 15.8 Å². The highest BCUT2D eigenvalue weighted by atomic mass is 35.5. The van der Waals surface area contributed by atoms with Crippen LogP contribution in [0.5, 0.6) is 0 Å². The van der Waals surface area contributed by atoms with E-state index in [1.165, 1.54) is 21.7 Å². The number of amides is 1. The second-order valence-electron chi connectivity index (χ2n) is 6.17. The maximum atomic E-state index is 12.7. The molecule has 9 heteroatoms. The Balaban J connectivity index is 2.05. The molecule has 1 heterocycles. The number of hydrogen-bond donors (Lipinski definition) is 1. The summed E-state index contributed by atoms with van der Waals surface area (Å²) in [6, 6.07) is 10.2. The maximum Gasteiger partial charge on any atom is 0.243 e. The van der Waals surface area contributed by atoms with Crippen molar-refractivity contribution in [1.29, 1.82) is 0 Å². The van der Waals surface area contributed by atoms with Gasteiger partial charge in [-0.15, -0.1) is 11.3 Å². The molecule has 1 amide bonds. The van der Waals surface area contributed by atoms with Crippen LogP contribution in [-0.4, -0.2) is 49.7 Å². The number of halogens is 1. The van der Waals surface area contributed by atoms with E-state index >= 15 is 0 Å². The Morgan fingerprint density at radius 3 is 2.39 bits per heavy atom. The quantitative estimate of drug-likeness (QED) is 0.604. The molecule has 0 radical (unpaired) electrons. The monoisotopic (exact) mass is 443 g/mol. The van der Waals surface area contributed by atoms with E-state index in [0.29, 0.717) is 31.9 Å². The van der Waals surface area contributed by atoms with Gasteiger partial charge < -0.3 is 5.32 Å². The molecular weight excluding hydrogens is 418 g/mol. The zero-order valence-electron chi connectivity index (χ0n) is 16.3. The normalized spacial score (nSPS) is 11.9. The number of carbonyl (C=O) groups is 1. The number of anilines is 1. The lowest BCUT2D eigenvalue weighted by atomic mass is 10.3. The highest BCUT2D eigenvalue weighted by Crippen LogP contribution is 2.23. The third-order valence-electron chi connectivity index (χ3n) is 4.28. The summed E-state index contributed by atoms with van der Waals surface area (Å²) in [5.74, 6) is -0.193. The molecule has 0 fully saturated rings. The number of hydrogen-bond acceptors (Lipinski definition) is 5. The number of carbonyl (C=O) groups excluding carboxylic acids is 1. The summed E-state index contributed by atoms with van der Waals surface area (Å²) in [5.41, 5.74) is 0.466. The molecule has 0 saturated heterocycles. The minimum absolute atomic E-state index is 0.176. The van der Waals surface area contributed by atoms with Crippen LogP contribution in [0.4, 0.5) is 5.69 Å². The van der Waals surface area contributed by atoms with Gasteiger partial charge in [0.15, 0.2) is 0 Å². The molecular formula is C19H26ClN3O3S2. The fraction of sp³-hybridized carbons (Fsp3) is 0.421. The third-order valence-corrected chi connectivity index (χ3v) is 7.55. The van der Waals surface area contributed by atoms with Crippen LogP contribution >= 0.6 is 22.9 Å². The summed E-state index contributed by atoms with van der Waals surface area (Å²) >= 11 is 7.46. The predicted octanol–water partition coefficient (Wildman–Crippen LogP) is 3.89. The lowest BCUT2D eigenvalue weighted by Gasteiger charge is -2.20. The number of sulfonamides is 1. The number of rotatable bonds is 10. The predicted molar refractivity (Wildman–Crippen MR) is 115 cm³/mol. The van der Waals surface area contributed by atoms with E-state index in [-0.39, 0.29) is 17.3 Å². The van der Waals surface area contributed by atoms with Crippen LogP contribution in [0, 0.1) is 0 Å². The van der Waals surface area contributed by atoms with Gasteiger partial charge in [0.25, 0.3) is 0 Å². The first-order valence-corrected chi connectivity index (χ1v) is 11.8. The standard InChI is InChI=1S/C19H26ClN3O3S2/c1-4-22(13-16-10-11-18(20)27-16)14-19(24)21-15-8-7-9-17(12-15)28(25,26)23(5-2)6-3/h7-12H,4-6,13-14H2,1-3H3,(H,21,24). The zero-order valence-corrected chi connectivity index (χ0v) is 18.7. The number of nitrogens with one attached hydrogen (secondary N) is 1. The molecule has 28 heavy (non-hydrogen) atoms. The van der Waals surface area contributed by atoms with Crippen LogP contribution in [0.25, 0.3) is 0 Å². The van der Waals surface area contributed by atoms with Crippen LogP contribution in [0.1, 0.15) is 25.6 Å². The number of likely N-dealkylation sites (N-methyl/N-ethyl adjacent to an activating group) is 1. The lowest BCUT2D eigenvalue weighted by molar-refractivity contribution is -0.117. The molecule has 0 saturated carbocycles. The summed E-state index contributed by atoms with van der Waals surface area (Å²) in [5, 5.41) is 2.80. The van der Waals surface area contributed by atoms with Gasteiger partial charge in [0.2, 0.25) is 15.9 Å². The van der Waals surface area contributed by atoms with Gasteiger partial charge in [-0.3, -0.25) is 9.69 Å². The summed E-state index contributed by atoms with van der Waals surface area (Å²) in [4.78, 5) is 15.7. The van der Waals surface area contributed by atoms with E-state index in [1.807, 2.05) is 24.0 Å². The molecule has 2 aromatic rings. The molecule has 6 nitrogen and oxygen atoms in total. The van der Waals surface area contributed by atoms with Crippen LogP contribution in [0.3, 0.4) is 0 Å². The van der Waals surface area contributed by atoms with E-state index in [4.69, 9.17) is 11.6 Å². The van der Waals surface area contributed by atoms with Crippen LogP contribution in [-0.2, 0) is 21.4 Å². The molecule has 0 spiro atoms. The maximum absolute atomic E-state index is 12.7. The molecule has 1 aromatic carbocycles. The second-order valence-corrected chi connectivity index (χ2v) is 9.91. The molecule has 0 atom stereocenters. The van der Waals surface area contributed by atoms with Gasteiger partial charge in [0.1, 0.15) is 0 Å². The van der Waals surface area contributed by atoms with Crippen LogP contribution in [0.15, 0.2) is 41.3 Å². The Labute approximate surface area is 176 Å². The summed E-state index contributed by atoms with van der Waals surface area (Å²) < 4.78 is 27.4. The zero-order chi connectivity index (χ0) is 20.7. The Morgan fingerprint density at radius 2 is 1.82 bits per heavy atom. The van der Waals surface area contributed by atoms with Gasteiger partial charge in [-0.25, -0.2) is 8.42 Å². The molecule has 0 aliphatic heterocycles. The first-order valence-electron chi connectivity index (χ1n) is 9.16. The lowest BCUT2D eigenvalue weighted by Crippen LogP contribution is -2.33. The molecule has 2 rings (SSSR count). The smallest absolute Gasteiger partial charge is 0.243 e. The van der Waals surface area contributed by atoms with Crippen molar-refractivity contribution in [2.45, 2.75) is 32.2 Å². The third kappa shape index (κ3) is 6.02. The van der Waals surface area contributed by atoms with E-state index in [2.05, 4.69) is 5.32 Å². The van der Waals surface area contributed by atoms with Gasteiger partial charge in [0, 0.05) is 30.2 Å². The number of nitrogens with zero attached hydrogens (tertiary/aromatic N) is 2. The van der Waals surface area contributed by atoms with E-state index in [0.717, 1.165) is 9.21 Å². The molecule has 154 valence electrons. The second kappa shape index (κ2) is 10.4. The van der Waals surface area contributed by atoms with Gasteiger partial charge in [-0.05, 0) is 36.9 Å². The highest BCUT2D eigenvalue weighted by molar-refractivity contribution is 7.89. The van der Waals surface area contributed by atoms with E-state index < -0.39 is 10.0 Å². The van der Waals surface area contributed by atoms with E-state index in [1.54, 1.807) is 32.0 Å². The van der Waals surface area contributed by atoms with Crippen molar-refractivity contribution < 1.29 is 13.2 Å². The molecule has 1 N–H and O–H groups in total. The molecule has 0 unspecified atom stereocenters.